The van der Waals surface area contributed by atoms with Crippen LogP contribution in [0, 0.1) is 28.6 Å². The summed E-state index contributed by atoms with van der Waals surface area (Å²) >= 11 is 0. The lowest BCUT2D eigenvalue weighted by Gasteiger charge is -2.54. The first-order valence-electron chi connectivity index (χ1n) is 9.78. The van der Waals surface area contributed by atoms with Gasteiger partial charge in [0.15, 0.2) is 6.29 Å². The highest BCUT2D eigenvalue weighted by atomic mass is 16.7. The third kappa shape index (κ3) is 1.44. The maximum Gasteiger partial charge on any atom is 0.309 e. The fraction of sp³-hybridized carbons (Fsp3) is 0.750. The lowest BCUT2D eigenvalue weighted by molar-refractivity contribution is -0.152. The quantitative estimate of drug-likeness (QED) is 0.567. The molecular formula is C20H22O6. The fourth-order valence-electron chi connectivity index (χ4n) is 7.38. The molecule has 1 aromatic rings. The summed E-state index contributed by atoms with van der Waals surface area (Å²) < 4.78 is 29.9. The average Bonchev–Trinajstić information content (AvgIpc) is 2.93. The van der Waals surface area contributed by atoms with E-state index in [1.54, 1.807) is 12.5 Å². The molecule has 10 atom stereocenters. The first-order valence-corrected chi connectivity index (χ1v) is 9.78. The Hall–Kier alpha value is -1.37. The molecule has 5 heterocycles. The Bertz CT molecular complexity index is 790. The molecule has 6 nitrogen and oxygen atoms in total. The first kappa shape index (κ1) is 14.7. The molecule has 2 saturated carbocycles. The normalized spacial score (nSPS) is 58.6. The summed E-state index contributed by atoms with van der Waals surface area (Å²) in [6.07, 6.45) is 6.37. The number of cyclic esters (lactones) is 1. The zero-order valence-corrected chi connectivity index (χ0v) is 14.6. The number of carbonyl (C=O) groups is 1. The number of rotatable bonds is 1. The van der Waals surface area contributed by atoms with Gasteiger partial charge in [0.1, 0.15) is 0 Å². The topological polar surface area (TPSA) is 70.4 Å². The van der Waals surface area contributed by atoms with Crippen LogP contribution in [0.1, 0.15) is 37.9 Å². The van der Waals surface area contributed by atoms with Crippen molar-refractivity contribution in [1.29, 1.82) is 0 Å². The number of furan rings is 1. The van der Waals surface area contributed by atoms with Gasteiger partial charge in [-0.05, 0) is 31.2 Å². The van der Waals surface area contributed by atoms with Gasteiger partial charge in [0, 0.05) is 22.3 Å². The maximum atomic E-state index is 12.5. The third-order valence-corrected chi connectivity index (χ3v) is 8.54. The molecule has 2 bridgehead atoms. The summed E-state index contributed by atoms with van der Waals surface area (Å²) in [5, 5.41) is 0. The molecule has 0 N–H and O–H groups in total. The average molecular weight is 358 g/mol. The van der Waals surface area contributed by atoms with E-state index < -0.39 is 0 Å². The van der Waals surface area contributed by atoms with E-state index in [9.17, 15) is 4.79 Å². The molecule has 7 rings (SSSR count). The van der Waals surface area contributed by atoms with E-state index in [0.29, 0.717) is 12.5 Å². The van der Waals surface area contributed by atoms with Crippen molar-refractivity contribution < 1.29 is 28.2 Å². The Labute approximate surface area is 151 Å². The Balaban J connectivity index is 1.38. The summed E-state index contributed by atoms with van der Waals surface area (Å²) in [7, 11) is 0. The maximum absolute atomic E-state index is 12.5. The highest BCUT2D eigenvalue weighted by Gasteiger charge is 2.80. The highest BCUT2D eigenvalue weighted by Crippen LogP contribution is 2.75. The van der Waals surface area contributed by atoms with Crippen LogP contribution in [0.4, 0.5) is 0 Å². The van der Waals surface area contributed by atoms with E-state index in [-0.39, 0.29) is 59.3 Å². The summed E-state index contributed by atoms with van der Waals surface area (Å²) in [4.78, 5) is 12.5. The number of hydrogen-bond donors (Lipinski definition) is 0. The molecule has 4 saturated heterocycles. The largest absolute Gasteiger partial charge is 0.472 e. The van der Waals surface area contributed by atoms with Crippen molar-refractivity contribution in [3.05, 3.63) is 24.2 Å². The smallest absolute Gasteiger partial charge is 0.309 e. The van der Waals surface area contributed by atoms with E-state index in [2.05, 4.69) is 6.92 Å². The standard InChI is InChI=1S/C20H22O6/c1-9-13-5-19-8-23-17(21)11(19)4-12-15(24-12)16(19)20(9)6-14(26-18(20)25-13)10-2-3-22-7-10/h2-3,7,9,11-16,18H,4-6,8H2,1H3/t9-,11-,12+,13+,14+,15+,16+,18+,19+,20+/m0/s1. The minimum atomic E-state index is -0.230. The minimum absolute atomic E-state index is 0.0205. The van der Waals surface area contributed by atoms with Crippen LogP contribution in [-0.2, 0) is 23.7 Å². The van der Waals surface area contributed by atoms with Crippen LogP contribution in [-0.4, -0.2) is 37.2 Å². The summed E-state index contributed by atoms with van der Waals surface area (Å²) in [5.41, 5.74) is 0.812. The zero-order chi connectivity index (χ0) is 17.3. The van der Waals surface area contributed by atoms with Gasteiger partial charge in [-0.15, -0.1) is 0 Å². The van der Waals surface area contributed by atoms with Crippen molar-refractivity contribution in [3.8, 4) is 0 Å². The fourth-order valence-corrected chi connectivity index (χ4v) is 7.38. The lowest BCUT2D eigenvalue weighted by atomic mass is 9.44. The third-order valence-electron chi connectivity index (χ3n) is 8.54. The van der Waals surface area contributed by atoms with Gasteiger partial charge in [-0.2, -0.15) is 0 Å². The predicted molar refractivity (Wildman–Crippen MR) is 85.7 cm³/mol. The van der Waals surface area contributed by atoms with Crippen molar-refractivity contribution in [1.82, 2.24) is 0 Å². The van der Waals surface area contributed by atoms with Crippen molar-refractivity contribution in [2.75, 3.05) is 6.61 Å². The molecule has 2 spiro atoms. The minimum Gasteiger partial charge on any atom is -0.472 e. The molecule has 6 heteroatoms. The second-order valence-electron chi connectivity index (χ2n) is 9.24. The van der Waals surface area contributed by atoms with Crippen LogP contribution in [0.25, 0.3) is 0 Å². The second kappa shape index (κ2) is 4.37. The van der Waals surface area contributed by atoms with E-state index in [4.69, 9.17) is 23.4 Å². The Morgan fingerprint density at radius 1 is 1.15 bits per heavy atom. The first-order chi connectivity index (χ1) is 12.6. The molecule has 0 amide bonds. The van der Waals surface area contributed by atoms with Crippen LogP contribution in [0.2, 0.25) is 0 Å². The number of fused-ring (bicyclic) bond motifs is 3. The SMILES string of the molecule is C[C@H]1[C@H]2C[C@@]34COC(=O)[C@@H]3C[C@H]3O[C@H]3[C@H]4[C@@]13C[C@H](c1ccoc1)O[C@H]3O2. The molecule has 26 heavy (non-hydrogen) atoms. The van der Waals surface area contributed by atoms with Gasteiger partial charge in [0.25, 0.3) is 0 Å². The van der Waals surface area contributed by atoms with Crippen LogP contribution >= 0.6 is 0 Å². The number of ether oxygens (including phenoxy) is 4. The molecular weight excluding hydrogens is 336 g/mol. The van der Waals surface area contributed by atoms with Crippen molar-refractivity contribution in [2.45, 2.75) is 56.9 Å². The molecule has 6 fully saturated rings. The molecule has 0 aromatic carbocycles. The summed E-state index contributed by atoms with van der Waals surface area (Å²) in [6.45, 7) is 2.82. The van der Waals surface area contributed by atoms with Crippen molar-refractivity contribution >= 4 is 5.97 Å². The number of hydrogen-bond acceptors (Lipinski definition) is 6. The van der Waals surface area contributed by atoms with Crippen LogP contribution in [0.3, 0.4) is 0 Å². The monoisotopic (exact) mass is 358 g/mol. The Morgan fingerprint density at radius 3 is 2.92 bits per heavy atom. The van der Waals surface area contributed by atoms with Gasteiger partial charge in [-0.1, -0.05) is 6.92 Å². The molecule has 1 aromatic heterocycles. The molecule has 2 aliphatic carbocycles. The van der Waals surface area contributed by atoms with E-state index >= 15 is 0 Å². The summed E-state index contributed by atoms with van der Waals surface area (Å²) in [5.74, 6) is 0.579. The van der Waals surface area contributed by atoms with E-state index in [1.807, 2.05) is 6.07 Å². The highest BCUT2D eigenvalue weighted by molar-refractivity contribution is 5.76. The Kier molecular flexibility index (Phi) is 2.46. The molecule has 0 unspecified atom stereocenters. The second-order valence-corrected chi connectivity index (χ2v) is 9.24. The molecule has 0 radical (unpaired) electrons. The van der Waals surface area contributed by atoms with Crippen molar-refractivity contribution in [2.24, 2.45) is 28.6 Å². The van der Waals surface area contributed by atoms with Crippen LogP contribution < -0.4 is 0 Å². The van der Waals surface area contributed by atoms with Gasteiger partial charge in [-0.25, -0.2) is 0 Å². The summed E-state index contributed by atoms with van der Waals surface area (Å²) in [6, 6.07) is 1.98. The number of epoxide rings is 1. The molecule has 4 aliphatic heterocycles. The van der Waals surface area contributed by atoms with Gasteiger partial charge in [0.05, 0.1) is 49.5 Å². The van der Waals surface area contributed by atoms with Crippen molar-refractivity contribution in [3.63, 3.8) is 0 Å². The van der Waals surface area contributed by atoms with Crippen LogP contribution in [0.15, 0.2) is 23.0 Å². The van der Waals surface area contributed by atoms with E-state index in [0.717, 1.165) is 24.8 Å². The molecule has 138 valence electrons. The number of esters is 1. The molecule has 6 aliphatic rings. The van der Waals surface area contributed by atoms with Gasteiger partial charge < -0.3 is 23.4 Å². The van der Waals surface area contributed by atoms with Gasteiger partial charge >= 0.3 is 5.97 Å². The lowest BCUT2D eigenvalue weighted by Crippen LogP contribution is -2.60. The van der Waals surface area contributed by atoms with E-state index in [1.165, 1.54) is 0 Å². The van der Waals surface area contributed by atoms with Gasteiger partial charge in [0.2, 0.25) is 0 Å². The number of carbonyl (C=O) groups excluding carboxylic acids is 1. The zero-order valence-electron chi connectivity index (χ0n) is 14.6. The van der Waals surface area contributed by atoms with Crippen LogP contribution in [0.5, 0.6) is 0 Å². The van der Waals surface area contributed by atoms with Gasteiger partial charge in [-0.3, -0.25) is 4.79 Å². The predicted octanol–water partition coefficient (Wildman–Crippen LogP) is 2.44. The Morgan fingerprint density at radius 2 is 2.08 bits per heavy atom.